The third kappa shape index (κ3) is 2.66. The Morgan fingerprint density at radius 3 is 2.75 bits per heavy atom. The first kappa shape index (κ1) is 13.8. The Kier molecular flexibility index (Phi) is 3.92. The van der Waals surface area contributed by atoms with Crippen molar-refractivity contribution in [1.29, 1.82) is 0 Å². The smallest absolute Gasteiger partial charge is 0.136 e. The molecule has 3 rings (SSSR count). The zero-order chi connectivity index (χ0) is 14.1. The standard InChI is InChI=1S/C16H23N3S/c1-10(11-6-4-7-11)18-16-13(15(17)20)9-12-5-2-3-8-14(12)19-16/h9-11H,2-8H2,1H3,(H2,17,20)(H,18,19). The van der Waals surface area contributed by atoms with Crippen LogP contribution in [-0.4, -0.2) is 16.0 Å². The van der Waals surface area contributed by atoms with E-state index in [1.165, 1.54) is 43.4 Å². The summed E-state index contributed by atoms with van der Waals surface area (Å²) in [4.78, 5) is 5.29. The monoisotopic (exact) mass is 289 g/mol. The van der Waals surface area contributed by atoms with Crippen molar-refractivity contribution >= 4 is 23.0 Å². The van der Waals surface area contributed by atoms with Crippen molar-refractivity contribution in [3.63, 3.8) is 0 Å². The third-order valence-electron chi connectivity index (χ3n) is 4.79. The Morgan fingerprint density at radius 2 is 2.10 bits per heavy atom. The van der Waals surface area contributed by atoms with Crippen LogP contribution < -0.4 is 11.1 Å². The van der Waals surface area contributed by atoms with Gasteiger partial charge in [-0.15, -0.1) is 0 Å². The molecule has 0 saturated heterocycles. The summed E-state index contributed by atoms with van der Waals surface area (Å²) in [6.45, 7) is 2.24. The molecule has 20 heavy (non-hydrogen) atoms. The van der Waals surface area contributed by atoms with E-state index in [1.807, 2.05) is 0 Å². The molecule has 1 aromatic rings. The summed E-state index contributed by atoms with van der Waals surface area (Å²) >= 11 is 5.21. The molecule has 0 amide bonds. The predicted molar refractivity (Wildman–Crippen MR) is 87.2 cm³/mol. The first-order chi connectivity index (χ1) is 9.65. The van der Waals surface area contributed by atoms with Crippen LogP contribution in [0.3, 0.4) is 0 Å². The highest BCUT2D eigenvalue weighted by atomic mass is 32.1. The minimum atomic E-state index is 0.450. The molecule has 1 atom stereocenters. The van der Waals surface area contributed by atoms with E-state index >= 15 is 0 Å². The summed E-state index contributed by atoms with van der Waals surface area (Å²) in [5.74, 6) is 1.67. The fourth-order valence-corrected chi connectivity index (χ4v) is 3.36. The van der Waals surface area contributed by atoms with Gasteiger partial charge < -0.3 is 11.1 Å². The fourth-order valence-electron chi connectivity index (χ4n) is 3.20. The number of pyridine rings is 1. The van der Waals surface area contributed by atoms with Crippen LogP contribution in [0.4, 0.5) is 5.82 Å². The summed E-state index contributed by atoms with van der Waals surface area (Å²) in [7, 11) is 0. The van der Waals surface area contributed by atoms with Crippen LogP contribution in [0.5, 0.6) is 0 Å². The van der Waals surface area contributed by atoms with Crippen LogP contribution >= 0.6 is 12.2 Å². The number of nitrogens with one attached hydrogen (secondary N) is 1. The van der Waals surface area contributed by atoms with Gasteiger partial charge in [0.2, 0.25) is 0 Å². The molecule has 3 N–H and O–H groups in total. The van der Waals surface area contributed by atoms with Crippen molar-refractivity contribution in [3.8, 4) is 0 Å². The summed E-state index contributed by atoms with van der Waals surface area (Å²) < 4.78 is 0. The van der Waals surface area contributed by atoms with E-state index in [-0.39, 0.29) is 0 Å². The van der Waals surface area contributed by atoms with Gasteiger partial charge in [-0.25, -0.2) is 4.98 Å². The Morgan fingerprint density at radius 1 is 1.35 bits per heavy atom. The molecular weight excluding hydrogens is 266 g/mol. The molecule has 1 heterocycles. The number of nitrogens with two attached hydrogens (primary N) is 1. The second-order valence-corrected chi connectivity index (χ2v) is 6.63. The van der Waals surface area contributed by atoms with Crippen molar-refractivity contribution < 1.29 is 0 Å². The lowest BCUT2D eigenvalue weighted by atomic mass is 9.80. The second-order valence-electron chi connectivity index (χ2n) is 6.19. The van der Waals surface area contributed by atoms with Gasteiger partial charge in [0, 0.05) is 11.7 Å². The molecule has 108 valence electrons. The van der Waals surface area contributed by atoms with Gasteiger partial charge in [-0.3, -0.25) is 0 Å². The lowest BCUT2D eigenvalue weighted by Crippen LogP contribution is -2.32. The minimum Gasteiger partial charge on any atom is -0.389 e. The van der Waals surface area contributed by atoms with E-state index in [0.717, 1.165) is 30.1 Å². The largest absolute Gasteiger partial charge is 0.389 e. The van der Waals surface area contributed by atoms with E-state index in [4.69, 9.17) is 22.9 Å². The van der Waals surface area contributed by atoms with E-state index in [2.05, 4.69) is 18.3 Å². The molecule has 2 aliphatic carbocycles. The summed E-state index contributed by atoms with van der Waals surface area (Å²) in [5.41, 5.74) is 9.39. The number of thiocarbonyl (C=S) groups is 1. The van der Waals surface area contributed by atoms with Crippen LogP contribution in [0, 0.1) is 5.92 Å². The predicted octanol–water partition coefficient (Wildman–Crippen LogP) is 3.20. The quantitative estimate of drug-likeness (QED) is 0.836. The average molecular weight is 289 g/mol. The summed E-state index contributed by atoms with van der Waals surface area (Å²) in [6, 6.07) is 2.62. The molecule has 2 aliphatic rings. The number of anilines is 1. The maximum atomic E-state index is 5.90. The van der Waals surface area contributed by atoms with Crippen LogP contribution in [0.15, 0.2) is 6.07 Å². The number of hydrogen-bond acceptors (Lipinski definition) is 3. The van der Waals surface area contributed by atoms with Gasteiger partial charge in [-0.1, -0.05) is 18.6 Å². The summed E-state index contributed by atoms with van der Waals surface area (Å²) in [5, 5.41) is 3.57. The molecule has 0 radical (unpaired) electrons. The van der Waals surface area contributed by atoms with Gasteiger partial charge >= 0.3 is 0 Å². The zero-order valence-corrected chi connectivity index (χ0v) is 12.9. The third-order valence-corrected chi connectivity index (χ3v) is 5.01. The van der Waals surface area contributed by atoms with Crippen molar-refractivity contribution in [2.45, 2.75) is 57.9 Å². The number of aryl methyl sites for hydroxylation is 2. The van der Waals surface area contributed by atoms with Gasteiger partial charge in [0.1, 0.15) is 10.8 Å². The minimum absolute atomic E-state index is 0.450. The average Bonchev–Trinajstić information content (AvgIpc) is 2.35. The van der Waals surface area contributed by atoms with Crippen LogP contribution in [-0.2, 0) is 12.8 Å². The first-order valence-electron chi connectivity index (χ1n) is 7.74. The van der Waals surface area contributed by atoms with Crippen LogP contribution in [0.25, 0.3) is 0 Å². The molecule has 1 saturated carbocycles. The molecule has 1 unspecified atom stereocenters. The van der Waals surface area contributed by atoms with Crippen molar-refractivity contribution in [2.24, 2.45) is 11.7 Å². The van der Waals surface area contributed by atoms with E-state index < -0.39 is 0 Å². The highest BCUT2D eigenvalue weighted by Gasteiger charge is 2.25. The zero-order valence-electron chi connectivity index (χ0n) is 12.1. The lowest BCUT2D eigenvalue weighted by molar-refractivity contribution is 0.285. The lowest BCUT2D eigenvalue weighted by Gasteiger charge is -2.33. The Hall–Kier alpha value is -1.16. The Bertz CT molecular complexity index is 523. The van der Waals surface area contributed by atoms with E-state index in [0.29, 0.717) is 11.0 Å². The maximum Gasteiger partial charge on any atom is 0.136 e. The van der Waals surface area contributed by atoms with Crippen LogP contribution in [0.1, 0.15) is 55.8 Å². The molecule has 0 bridgehead atoms. The molecule has 0 aromatic carbocycles. The Balaban J connectivity index is 1.88. The first-order valence-corrected chi connectivity index (χ1v) is 8.15. The fraction of sp³-hybridized carbons (Fsp3) is 0.625. The number of aromatic nitrogens is 1. The molecular formula is C16H23N3S. The van der Waals surface area contributed by atoms with Gasteiger partial charge in [0.15, 0.2) is 0 Å². The van der Waals surface area contributed by atoms with Gasteiger partial charge in [-0.05, 0) is 63.0 Å². The molecule has 0 aliphatic heterocycles. The van der Waals surface area contributed by atoms with E-state index in [9.17, 15) is 0 Å². The topological polar surface area (TPSA) is 50.9 Å². The van der Waals surface area contributed by atoms with Crippen molar-refractivity contribution in [1.82, 2.24) is 4.98 Å². The number of fused-ring (bicyclic) bond motifs is 1. The van der Waals surface area contributed by atoms with Gasteiger partial charge in [0.25, 0.3) is 0 Å². The normalized spacial score (nSPS) is 19.9. The van der Waals surface area contributed by atoms with Crippen LogP contribution in [0.2, 0.25) is 0 Å². The van der Waals surface area contributed by atoms with Gasteiger partial charge in [-0.2, -0.15) is 0 Å². The highest BCUT2D eigenvalue weighted by Crippen LogP contribution is 2.32. The molecule has 4 heteroatoms. The Labute approximate surface area is 126 Å². The SMILES string of the molecule is CC(Nc1nc2c(cc1C(N)=S)CCCC2)C1CCC1. The van der Waals surface area contributed by atoms with E-state index in [1.54, 1.807) is 0 Å². The number of rotatable bonds is 4. The van der Waals surface area contributed by atoms with Crippen molar-refractivity contribution in [2.75, 3.05) is 5.32 Å². The highest BCUT2D eigenvalue weighted by molar-refractivity contribution is 7.80. The van der Waals surface area contributed by atoms with Gasteiger partial charge in [0.05, 0.1) is 5.56 Å². The molecule has 3 nitrogen and oxygen atoms in total. The molecule has 1 aromatic heterocycles. The molecule has 1 fully saturated rings. The second kappa shape index (κ2) is 5.68. The number of nitrogens with zero attached hydrogens (tertiary/aromatic N) is 1. The molecule has 0 spiro atoms. The van der Waals surface area contributed by atoms with Crippen molar-refractivity contribution in [3.05, 3.63) is 22.9 Å². The maximum absolute atomic E-state index is 5.90. The number of hydrogen-bond donors (Lipinski definition) is 2. The summed E-state index contributed by atoms with van der Waals surface area (Å²) in [6.07, 6.45) is 8.68.